The van der Waals surface area contributed by atoms with Crippen LogP contribution in [0.15, 0.2) is 58.1 Å². The SMILES string of the molecule is CN(C)S(=O)(=O)c1cccc(NC(=O)CCNC(=O)/C=C/c2ccco2)c1. The molecule has 0 bridgehead atoms. The molecule has 27 heavy (non-hydrogen) atoms. The van der Waals surface area contributed by atoms with E-state index in [-0.39, 0.29) is 29.7 Å². The molecule has 0 radical (unpaired) electrons. The van der Waals surface area contributed by atoms with Crippen LogP contribution in [-0.2, 0) is 19.6 Å². The Labute approximate surface area is 157 Å². The molecule has 0 spiro atoms. The minimum atomic E-state index is -3.58. The molecule has 0 aliphatic heterocycles. The third-order valence-corrected chi connectivity index (χ3v) is 5.30. The van der Waals surface area contributed by atoms with E-state index >= 15 is 0 Å². The molecule has 144 valence electrons. The van der Waals surface area contributed by atoms with Gasteiger partial charge in [0.25, 0.3) is 0 Å². The molecule has 0 saturated heterocycles. The Balaban J connectivity index is 1.83. The molecule has 0 atom stereocenters. The first-order chi connectivity index (χ1) is 12.8. The van der Waals surface area contributed by atoms with Crippen molar-refractivity contribution in [2.24, 2.45) is 0 Å². The standard InChI is InChI=1S/C18H21N3O5S/c1-21(2)27(24,25)16-7-3-5-14(13-16)20-18(23)10-11-19-17(22)9-8-15-6-4-12-26-15/h3-9,12-13H,10-11H2,1-2H3,(H,19,22)(H,20,23)/b9-8+. The van der Waals surface area contributed by atoms with Crippen LogP contribution in [0, 0.1) is 0 Å². The monoisotopic (exact) mass is 391 g/mol. The highest BCUT2D eigenvalue weighted by Gasteiger charge is 2.17. The van der Waals surface area contributed by atoms with Crippen LogP contribution >= 0.6 is 0 Å². The van der Waals surface area contributed by atoms with Crippen LogP contribution in [0.5, 0.6) is 0 Å². The first-order valence-electron chi connectivity index (χ1n) is 8.11. The average Bonchev–Trinajstić information content (AvgIpc) is 3.13. The lowest BCUT2D eigenvalue weighted by atomic mass is 10.3. The fraction of sp³-hybridized carbons (Fsp3) is 0.222. The smallest absolute Gasteiger partial charge is 0.244 e. The fourth-order valence-corrected chi connectivity index (χ4v) is 3.02. The summed E-state index contributed by atoms with van der Waals surface area (Å²) in [5.41, 5.74) is 0.368. The Kier molecular flexibility index (Phi) is 6.91. The van der Waals surface area contributed by atoms with Crippen molar-refractivity contribution in [3.05, 3.63) is 54.5 Å². The van der Waals surface area contributed by atoms with Gasteiger partial charge in [-0.15, -0.1) is 0 Å². The molecule has 2 aromatic rings. The van der Waals surface area contributed by atoms with Crippen molar-refractivity contribution >= 4 is 33.6 Å². The quantitative estimate of drug-likeness (QED) is 0.666. The second kappa shape index (κ2) is 9.15. The van der Waals surface area contributed by atoms with Gasteiger partial charge in [0.1, 0.15) is 5.76 Å². The number of nitrogens with one attached hydrogen (secondary N) is 2. The lowest BCUT2D eigenvalue weighted by Gasteiger charge is -2.12. The van der Waals surface area contributed by atoms with Gasteiger partial charge in [-0.2, -0.15) is 0 Å². The van der Waals surface area contributed by atoms with Gasteiger partial charge in [-0.3, -0.25) is 9.59 Å². The van der Waals surface area contributed by atoms with Crippen molar-refractivity contribution in [3.8, 4) is 0 Å². The molecule has 9 heteroatoms. The van der Waals surface area contributed by atoms with Crippen molar-refractivity contribution in [3.63, 3.8) is 0 Å². The first-order valence-corrected chi connectivity index (χ1v) is 9.55. The maximum atomic E-state index is 12.1. The Bertz CT molecular complexity index is 918. The minimum absolute atomic E-state index is 0.0466. The lowest BCUT2D eigenvalue weighted by Crippen LogP contribution is -2.26. The normalized spacial score (nSPS) is 11.7. The number of rotatable bonds is 8. The molecule has 1 aromatic heterocycles. The zero-order chi connectivity index (χ0) is 19.9. The summed E-state index contributed by atoms with van der Waals surface area (Å²) in [6, 6.07) is 9.40. The number of amides is 2. The average molecular weight is 391 g/mol. The number of nitrogens with zero attached hydrogens (tertiary/aromatic N) is 1. The number of furan rings is 1. The molecule has 0 aliphatic rings. The molecule has 0 unspecified atom stereocenters. The maximum Gasteiger partial charge on any atom is 0.244 e. The van der Waals surface area contributed by atoms with Crippen LogP contribution in [0.4, 0.5) is 5.69 Å². The zero-order valence-corrected chi connectivity index (χ0v) is 15.8. The van der Waals surface area contributed by atoms with Gasteiger partial charge in [0.15, 0.2) is 0 Å². The number of benzene rings is 1. The number of sulfonamides is 1. The van der Waals surface area contributed by atoms with Crippen LogP contribution in [0.1, 0.15) is 12.2 Å². The Hall–Kier alpha value is -2.91. The summed E-state index contributed by atoms with van der Waals surface area (Å²) >= 11 is 0. The second-order valence-corrected chi connectivity index (χ2v) is 7.91. The summed E-state index contributed by atoms with van der Waals surface area (Å²) in [5.74, 6) is -0.140. The molecule has 1 heterocycles. The van der Waals surface area contributed by atoms with Crippen molar-refractivity contribution in [1.29, 1.82) is 0 Å². The summed E-state index contributed by atoms with van der Waals surface area (Å²) in [6.07, 6.45) is 4.38. The largest absolute Gasteiger partial charge is 0.465 e. The highest BCUT2D eigenvalue weighted by atomic mass is 32.2. The van der Waals surface area contributed by atoms with Gasteiger partial charge in [-0.05, 0) is 36.4 Å². The third kappa shape index (κ3) is 6.08. The molecule has 1 aromatic carbocycles. The number of anilines is 1. The lowest BCUT2D eigenvalue weighted by molar-refractivity contribution is -0.117. The molecule has 0 saturated carbocycles. The van der Waals surface area contributed by atoms with E-state index in [1.807, 2.05) is 0 Å². The summed E-state index contributed by atoms with van der Waals surface area (Å²) in [5, 5.41) is 5.20. The number of carbonyl (C=O) groups is 2. The molecular weight excluding hydrogens is 370 g/mol. The Morgan fingerprint density at radius 2 is 1.96 bits per heavy atom. The van der Waals surface area contributed by atoms with Crippen molar-refractivity contribution < 1.29 is 22.4 Å². The van der Waals surface area contributed by atoms with E-state index < -0.39 is 10.0 Å². The van der Waals surface area contributed by atoms with E-state index in [4.69, 9.17) is 4.42 Å². The van der Waals surface area contributed by atoms with E-state index in [0.717, 1.165) is 4.31 Å². The highest BCUT2D eigenvalue weighted by Crippen LogP contribution is 2.18. The minimum Gasteiger partial charge on any atom is -0.465 e. The van der Waals surface area contributed by atoms with Crippen LogP contribution in [0.2, 0.25) is 0 Å². The highest BCUT2D eigenvalue weighted by molar-refractivity contribution is 7.89. The summed E-state index contributed by atoms with van der Waals surface area (Å²) in [7, 11) is -0.710. The summed E-state index contributed by atoms with van der Waals surface area (Å²) in [6.45, 7) is 0.142. The summed E-state index contributed by atoms with van der Waals surface area (Å²) < 4.78 is 30.4. The fourth-order valence-electron chi connectivity index (χ4n) is 2.07. The van der Waals surface area contributed by atoms with E-state index in [1.54, 1.807) is 24.3 Å². The van der Waals surface area contributed by atoms with Gasteiger partial charge in [-0.1, -0.05) is 6.07 Å². The van der Waals surface area contributed by atoms with Crippen molar-refractivity contribution in [1.82, 2.24) is 9.62 Å². The van der Waals surface area contributed by atoms with E-state index in [0.29, 0.717) is 11.4 Å². The number of hydrogen-bond acceptors (Lipinski definition) is 5. The molecule has 8 nitrogen and oxygen atoms in total. The van der Waals surface area contributed by atoms with E-state index in [9.17, 15) is 18.0 Å². The molecule has 2 N–H and O–H groups in total. The topological polar surface area (TPSA) is 109 Å². The number of carbonyl (C=O) groups excluding carboxylic acids is 2. The van der Waals surface area contributed by atoms with Crippen LogP contribution < -0.4 is 10.6 Å². The van der Waals surface area contributed by atoms with Gasteiger partial charge < -0.3 is 15.1 Å². The van der Waals surface area contributed by atoms with Gasteiger partial charge in [0, 0.05) is 38.8 Å². The number of hydrogen-bond donors (Lipinski definition) is 2. The van der Waals surface area contributed by atoms with Gasteiger partial charge in [0.05, 0.1) is 11.2 Å². The Morgan fingerprint density at radius 3 is 2.63 bits per heavy atom. The maximum absolute atomic E-state index is 12.1. The molecule has 2 rings (SSSR count). The first kappa shape index (κ1) is 20.4. The van der Waals surface area contributed by atoms with Crippen LogP contribution in [0.3, 0.4) is 0 Å². The van der Waals surface area contributed by atoms with Crippen LogP contribution in [-0.4, -0.2) is 45.2 Å². The molecule has 0 fully saturated rings. The van der Waals surface area contributed by atoms with Crippen LogP contribution in [0.25, 0.3) is 6.08 Å². The third-order valence-electron chi connectivity index (χ3n) is 3.49. The van der Waals surface area contributed by atoms with Gasteiger partial charge >= 0.3 is 0 Å². The van der Waals surface area contributed by atoms with E-state index in [1.165, 1.54) is 44.6 Å². The van der Waals surface area contributed by atoms with Gasteiger partial charge in [0.2, 0.25) is 21.8 Å². The summed E-state index contributed by atoms with van der Waals surface area (Å²) in [4.78, 5) is 23.7. The molecule has 2 amide bonds. The predicted octanol–water partition coefficient (Wildman–Crippen LogP) is 1.69. The molecule has 0 aliphatic carbocycles. The predicted molar refractivity (Wildman–Crippen MR) is 101 cm³/mol. The van der Waals surface area contributed by atoms with Gasteiger partial charge in [-0.25, -0.2) is 12.7 Å². The molecular formula is C18H21N3O5S. The van der Waals surface area contributed by atoms with Crippen molar-refractivity contribution in [2.75, 3.05) is 26.0 Å². The Morgan fingerprint density at radius 1 is 1.19 bits per heavy atom. The zero-order valence-electron chi connectivity index (χ0n) is 15.0. The van der Waals surface area contributed by atoms with Crippen molar-refractivity contribution in [2.45, 2.75) is 11.3 Å². The second-order valence-electron chi connectivity index (χ2n) is 5.75. The van der Waals surface area contributed by atoms with E-state index in [2.05, 4.69) is 10.6 Å².